The number of halogens is 1. The largest absolute Gasteiger partial charge is 0.476 e. The fraction of sp³-hybridized carbons (Fsp3) is 0.391. The molecule has 0 radical (unpaired) electrons. The zero-order chi connectivity index (χ0) is 24.2. The lowest BCUT2D eigenvalue weighted by Crippen LogP contribution is -2.46. The molecule has 1 aliphatic rings. The van der Waals surface area contributed by atoms with Crippen LogP contribution in [0.15, 0.2) is 29.6 Å². The average molecular weight is 489 g/mol. The lowest BCUT2D eigenvalue weighted by Gasteiger charge is -2.38. The number of aromatic carboxylic acids is 1. The minimum Gasteiger partial charge on any atom is -0.476 e. The van der Waals surface area contributed by atoms with E-state index in [4.69, 9.17) is 9.47 Å². The van der Waals surface area contributed by atoms with Crippen LogP contribution in [0.2, 0.25) is 0 Å². The molecule has 1 amide bonds. The first-order chi connectivity index (χ1) is 16.4. The predicted octanol–water partition coefficient (Wildman–Crippen LogP) is 3.75. The zero-order valence-corrected chi connectivity index (χ0v) is 19.6. The highest BCUT2D eigenvalue weighted by molar-refractivity contribution is 7.13. The van der Waals surface area contributed by atoms with Crippen molar-refractivity contribution < 1.29 is 28.6 Å². The van der Waals surface area contributed by atoms with E-state index in [0.29, 0.717) is 54.4 Å². The van der Waals surface area contributed by atoms with Crippen LogP contribution in [-0.2, 0) is 14.3 Å². The number of thiazole rings is 1. The summed E-state index contributed by atoms with van der Waals surface area (Å²) in [5, 5.41) is 19.0. The molecule has 3 aromatic rings. The molecule has 180 valence electrons. The second-order valence-corrected chi connectivity index (χ2v) is 8.82. The number of carboxylic acids is 1. The van der Waals surface area contributed by atoms with Crippen LogP contribution in [0, 0.1) is 5.82 Å². The molecule has 0 saturated carbocycles. The lowest BCUT2D eigenvalue weighted by atomic mass is 9.89. The van der Waals surface area contributed by atoms with Crippen LogP contribution in [0.3, 0.4) is 0 Å². The molecule has 1 aliphatic heterocycles. The van der Waals surface area contributed by atoms with E-state index in [2.05, 4.69) is 15.2 Å². The fourth-order valence-corrected chi connectivity index (χ4v) is 5.00. The summed E-state index contributed by atoms with van der Waals surface area (Å²) in [5.41, 5.74) is 2.66. The van der Waals surface area contributed by atoms with E-state index >= 15 is 0 Å². The molecule has 34 heavy (non-hydrogen) atoms. The topological polar surface area (TPSA) is 118 Å². The molecule has 1 saturated heterocycles. The van der Waals surface area contributed by atoms with Crippen molar-refractivity contribution in [3.05, 3.63) is 46.9 Å². The number of aromatic nitrogens is 3. The summed E-state index contributed by atoms with van der Waals surface area (Å²) in [5.74, 6) is -1.59. The molecule has 3 heterocycles. The van der Waals surface area contributed by atoms with Crippen molar-refractivity contribution in [3.8, 4) is 21.8 Å². The van der Waals surface area contributed by atoms with Crippen LogP contribution in [0.1, 0.15) is 41.9 Å². The van der Waals surface area contributed by atoms with Gasteiger partial charge in [0, 0.05) is 49.6 Å². The number of carbonyl (C=O) groups excluding carboxylic acids is 1. The summed E-state index contributed by atoms with van der Waals surface area (Å²) in [4.78, 5) is 29.6. The molecule has 2 atom stereocenters. The molecule has 4 rings (SSSR count). The third kappa shape index (κ3) is 5.01. The van der Waals surface area contributed by atoms with Crippen molar-refractivity contribution in [1.82, 2.24) is 20.1 Å². The summed E-state index contributed by atoms with van der Waals surface area (Å²) < 4.78 is 24.5. The van der Waals surface area contributed by atoms with Crippen LogP contribution in [0.25, 0.3) is 21.8 Å². The van der Waals surface area contributed by atoms with Gasteiger partial charge in [-0.15, -0.1) is 11.3 Å². The number of nitrogens with one attached hydrogen (secondary N) is 1. The van der Waals surface area contributed by atoms with Crippen molar-refractivity contribution in [2.24, 2.45) is 0 Å². The number of methoxy groups -OCH3 is 1. The van der Waals surface area contributed by atoms with Crippen molar-refractivity contribution in [1.29, 1.82) is 0 Å². The molecule has 2 N–H and O–H groups in total. The molecule has 9 nitrogen and oxygen atoms in total. The number of rotatable bonds is 8. The number of aromatic amines is 1. The van der Waals surface area contributed by atoms with Crippen LogP contribution in [0.4, 0.5) is 4.39 Å². The number of ether oxygens (including phenoxy) is 2. The van der Waals surface area contributed by atoms with E-state index in [0.717, 1.165) is 5.69 Å². The Balaban J connectivity index is 1.72. The normalized spacial score (nSPS) is 18.3. The van der Waals surface area contributed by atoms with Crippen molar-refractivity contribution in [2.45, 2.75) is 31.9 Å². The summed E-state index contributed by atoms with van der Waals surface area (Å²) in [6.07, 6.45) is 0.764. The first-order valence-corrected chi connectivity index (χ1v) is 11.7. The van der Waals surface area contributed by atoms with Gasteiger partial charge >= 0.3 is 5.97 Å². The Morgan fingerprint density at radius 3 is 2.71 bits per heavy atom. The number of hydrogen-bond acceptors (Lipinski definition) is 7. The molecule has 11 heteroatoms. The van der Waals surface area contributed by atoms with Crippen molar-refractivity contribution >= 4 is 23.2 Å². The van der Waals surface area contributed by atoms with E-state index < -0.39 is 12.2 Å². The summed E-state index contributed by atoms with van der Waals surface area (Å²) >= 11 is 1.21. The van der Waals surface area contributed by atoms with E-state index in [-0.39, 0.29) is 23.3 Å². The van der Waals surface area contributed by atoms with Gasteiger partial charge in [0.2, 0.25) is 5.91 Å². The van der Waals surface area contributed by atoms with Gasteiger partial charge in [0.1, 0.15) is 22.7 Å². The van der Waals surface area contributed by atoms with E-state index in [9.17, 15) is 19.1 Å². The minimum atomic E-state index is -1.11. The quantitative estimate of drug-likeness (QED) is 0.464. The van der Waals surface area contributed by atoms with Crippen LogP contribution >= 0.6 is 11.3 Å². The maximum absolute atomic E-state index is 13.5. The highest BCUT2D eigenvalue weighted by Crippen LogP contribution is 2.42. The second-order valence-electron chi connectivity index (χ2n) is 7.96. The minimum absolute atomic E-state index is 0.0444. The number of benzene rings is 1. The maximum Gasteiger partial charge on any atom is 0.355 e. The van der Waals surface area contributed by atoms with Crippen molar-refractivity contribution in [3.63, 3.8) is 0 Å². The fourth-order valence-electron chi connectivity index (χ4n) is 4.15. The van der Waals surface area contributed by atoms with Gasteiger partial charge in [0.15, 0.2) is 5.69 Å². The molecular formula is C23H25FN4O5S. The van der Waals surface area contributed by atoms with Gasteiger partial charge < -0.3 is 19.5 Å². The number of hydrogen-bond donors (Lipinski definition) is 2. The van der Waals surface area contributed by atoms with E-state index in [1.54, 1.807) is 24.1 Å². The molecule has 2 unspecified atom stereocenters. The average Bonchev–Trinajstić information content (AvgIpc) is 3.47. The predicted molar refractivity (Wildman–Crippen MR) is 123 cm³/mol. The summed E-state index contributed by atoms with van der Waals surface area (Å²) in [7, 11) is 1.59. The monoisotopic (exact) mass is 488 g/mol. The van der Waals surface area contributed by atoms with Crippen LogP contribution in [0.5, 0.6) is 0 Å². The Kier molecular flexibility index (Phi) is 7.35. The Morgan fingerprint density at radius 2 is 2.06 bits per heavy atom. The molecule has 2 aromatic heterocycles. The first-order valence-electron chi connectivity index (χ1n) is 10.8. The molecule has 0 bridgehead atoms. The van der Waals surface area contributed by atoms with Gasteiger partial charge in [-0.3, -0.25) is 9.89 Å². The Morgan fingerprint density at radius 1 is 1.29 bits per heavy atom. The highest BCUT2D eigenvalue weighted by atomic mass is 32.1. The number of nitrogens with zero attached hydrogens (tertiary/aromatic N) is 3. The third-order valence-electron chi connectivity index (χ3n) is 5.81. The van der Waals surface area contributed by atoms with Gasteiger partial charge in [0.25, 0.3) is 0 Å². The van der Waals surface area contributed by atoms with Gasteiger partial charge in [-0.25, -0.2) is 14.2 Å². The number of H-pyrrole nitrogens is 1. The summed E-state index contributed by atoms with van der Waals surface area (Å²) in [6.45, 7) is 2.78. The number of amides is 1. The zero-order valence-electron chi connectivity index (χ0n) is 18.8. The number of piperidine rings is 1. The molecule has 0 spiro atoms. The van der Waals surface area contributed by atoms with Gasteiger partial charge in [0.05, 0.1) is 18.8 Å². The van der Waals surface area contributed by atoms with E-state index in [1.165, 1.54) is 35.8 Å². The van der Waals surface area contributed by atoms with Crippen molar-refractivity contribution in [2.75, 3.05) is 26.9 Å². The number of carbonyl (C=O) groups is 2. The van der Waals surface area contributed by atoms with Gasteiger partial charge in [-0.2, -0.15) is 5.10 Å². The van der Waals surface area contributed by atoms with E-state index in [1.807, 2.05) is 0 Å². The standard InChI is InChI=1S/C23H25FN4O5S/c1-13(29)28-8-7-15(11-18(28)33-10-9-32-2)21-19(22-25-17(12-34-22)23(30)31)20(26-27-21)14-3-5-16(24)6-4-14/h3-6,12,15,18H,7-11H2,1-2H3,(H,26,27)(H,30,31). The Hall–Kier alpha value is -3.15. The van der Waals surface area contributed by atoms with Crippen LogP contribution in [-0.4, -0.2) is 70.2 Å². The first kappa shape index (κ1) is 24.0. The smallest absolute Gasteiger partial charge is 0.355 e. The van der Waals surface area contributed by atoms with Gasteiger partial charge in [-0.1, -0.05) is 0 Å². The van der Waals surface area contributed by atoms with Crippen LogP contribution < -0.4 is 0 Å². The lowest BCUT2D eigenvalue weighted by molar-refractivity contribution is -0.151. The second kappa shape index (κ2) is 10.4. The highest BCUT2D eigenvalue weighted by Gasteiger charge is 2.35. The molecule has 1 aromatic carbocycles. The molecule has 1 fully saturated rings. The summed E-state index contributed by atoms with van der Waals surface area (Å²) in [6, 6.07) is 5.95. The SMILES string of the molecule is COCCOC1CC(c2[nH]nc(-c3ccc(F)cc3)c2-c2nc(C(=O)O)cs2)CCN1C(C)=O. The molecule has 0 aliphatic carbocycles. The Labute approximate surface area is 199 Å². The number of carboxylic acid groups (broad SMARTS) is 1. The molecular weight excluding hydrogens is 463 g/mol. The maximum atomic E-state index is 13.5. The Bertz CT molecular complexity index is 1160. The van der Waals surface area contributed by atoms with Gasteiger partial charge in [-0.05, 0) is 30.7 Å². The number of likely N-dealkylation sites (tertiary alicyclic amines) is 1. The third-order valence-corrected chi connectivity index (χ3v) is 6.67.